The van der Waals surface area contributed by atoms with Crippen molar-refractivity contribution in [3.8, 4) is 0 Å². The van der Waals surface area contributed by atoms with Gasteiger partial charge < -0.3 is 9.84 Å². The van der Waals surface area contributed by atoms with Crippen molar-refractivity contribution in [2.24, 2.45) is 0 Å². The molecule has 3 rings (SSSR count). The molecule has 0 aromatic heterocycles. The molecule has 0 heterocycles. The first-order valence-electron chi connectivity index (χ1n) is 8.87. The molecule has 0 radical (unpaired) electrons. The van der Waals surface area contributed by atoms with Gasteiger partial charge in [-0.3, -0.25) is 4.90 Å². The van der Waals surface area contributed by atoms with E-state index in [1.165, 1.54) is 0 Å². The van der Waals surface area contributed by atoms with Crippen LogP contribution < -0.4 is 0 Å². The van der Waals surface area contributed by atoms with Gasteiger partial charge in [0.25, 0.3) is 0 Å². The van der Waals surface area contributed by atoms with Crippen LogP contribution in [0.5, 0.6) is 0 Å². The Labute approximate surface area is 149 Å². The first-order valence-corrected chi connectivity index (χ1v) is 8.87. The third kappa shape index (κ3) is 4.20. The molecule has 4 heteroatoms. The van der Waals surface area contributed by atoms with Gasteiger partial charge in [-0.25, -0.2) is 4.79 Å². The molecule has 0 bridgehead atoms. The number of nitrogens with zero attached hydrogens (tertiary/aromatic N) is 1. The summed E-state index contributed by atoms with van der Waals surface area (Å²) in [6.07, 6.45) is 3.33. The minimum Gasteiger partial charge on any atom is -0.445 e. The molecule has 0 atom stereocenters. The summed E-state index contributed by atoms with van der Waals surface area (Å²) in [6, 6.07) is 19.5. The fourth-order valence-corrected chi connectivity index (χ4v) is 3.54. The van der Waals surface area contributed by atoms with Crippen molar-refractivity contribution < 1.29 is 14.6 Å². The Balaban J connectivity index is 1.76. The minimum absolute atomic E-state index is 0.0275. The van der Waals surface area contributed by atoms with Gasteiger partial charge in [-0.2, -0.15) is 0 Å². The van der Waals surface area contributed by atoms with E-state index in [4.69, 9.17) is 4.74 Å². The summed E-state index contributed by atoms with van der Waals surface area (Å²) >= 11 is 0. The average molecular weight is 339 g/mol. The van der Waals surface area contributed by atoms with E-state index in [0.717, 1.165) is 36.8 Å². The largest absolute Gasteiger partial charge is 0.445 e. The second-order valence-corrected chi connectivity index (χ2v) is 6.70. The molecule has 2 aromatic rings. The van der Waals surface area contributed by atoms with E-state index in [0.29, 0.717) is 6.54 Å². The lowest BCUT2D eigenvalue weighted by Gasteiger charge is -2.39. The van der Waals surface area contributed by atoms with Crippen molar-refractivity contribution in [1.29, 1.82) is 0 Å². The van der Waals surface area contributed by atoms with Crippen molar-refractivity contribution in [2.45, 2.75) is 44.4 Å². The summed E-state index contributed by atoms with van der Waals surface area (Å²) in [5, 5.41) is 10.0. The third-order valence-electron chi connectivity index (χ3n) is 5.01. The summed E-state index contributed by atoms with van der Waals surface area (Å²) in [7, 11) is 0. The van der Waals surface area contributed by atoms with Gasteiger partial charge in [0.05, 0.1) is 12.1 Å². The van der Waals surface area contributed by atoms with Crippen LogP contribution in [0.1, 0.15) is 36.8 Å². The summed E-state index contributed by atoms with van der Waals surface area (Å²) in [5.74, 6) is 0. The second-order valence-electron chi connectivity index (χ2n) is 6.70. The number of carbonyl (C=O) groups excluding carboxylic acids is 1. The van der Waals surface area contributed by atoms with Crippen molar-refractivity contribution in [3.63, 3.8) is 0 Å². The Morgan fingerprint density at radius 3 is 2.08 bits per heavy atom. The lowest BCUT2D eigenvalue weighted by Crippen LogP contribution is -2.52. The highest BCUT2D eigenvalue weighted by Gasteiger charge is 2.42. The topological polar surface area (TPSA) is 49.8 Å². The molecule has 0 unspecified atom stereocenters. The van der Waals surface area contributed by atoms with Gasteiger partial charge in [-0.1, -0.05) is 73.5 Å². The van der Waals surface area contributed by atoms with E-state index in [-0.39, 0.29) is 19.3 Å². The molecule has 2 aromatic carbocycles. The van der Waals surface area contributed by atoms with Crippen LogP contribution >= 0.6 is 0 Å². The Hall–Kier alpha value is -2.33. The fraction of sp³-hybridized carbons (Fsp3) is 0.381. The first-order chi connectivity index (χ1) is 12.2. The van der Waals surface area contributed by atoms with E-state index in [9.17, 15) is 9.90 Å². The van der Waals surface area contributed by atoms with E-state index in [1.807, 2.05) is 60.7 Å². The van der Waals surface area contributed by atoms with Crippen LogP contribution in [0.15, 0.2) is 60.7 Å². The average Bonchev–Trinajstić information content (AvgIpc) is 3.16. The van der Waals surface area contributed by atoms with E-state index in [1.54, 1.807) is 4.90 Å². The molecule has 1 N–H and O–H groups in total. The summed E-state index contributed by atoms with van der Waals surface area (Å²) in [6.45, 7) is 0.668. The predicted molar refractivity (Wildman–Crippen MR) is 96.9 cm³/mol. The van der Waals surface area contributed by atoms with Gasteiger partial charge in [0.2, 0.25) is 0 Å². The molecule has 4 nitrogen and oxygen atoms in total. The van der Waals surface area contributed by atoms with Crippen LogP contribution in [0.4, 0.5) is 4.79 Å². The molecule has 1 saturated carbocycles. The molecule has 132 valence electrons. The molecule has 25 heavy (non-hydrogen) atoms. The van der Waals surface area contributed by atoms with Crippen LogP contribution in [0.2, 0.25) is 0 Å². The molecular formula is C21H25NO3. The molecule has 1 aliphatic rings. The third-order valence-corrected chi connectivity index (χ3v) is 5.01. The van der Waals surface area contributed by atoms with Gasteiger partial charge in [0.1, 0.15) is 6.61 Å². The Morgan fingerprint density at radius 2 is 1.52 bits per heavy atom. The van der Waals surface area contributed by atoms with Crippen LogP contribution in [-0.2, 0) is 17.9 Å². The number of amides is 1. The molecule has 0 saturated heterocycles. The monoisotopic (exact) mass is 339 g/mol. The highest BCUT2D eigenvalue weighted by Crippen LogP contribution is 2.36. The normalized spacial score (nSPS) is 15.7. The maximum absolute atomic E-state index is 12.9. The van der Waals surface area contributed by atoms with Crippen molar-refractivity contribution >= 4 is 6.09 Å². The number of rotatable bonds is 6. The lowest BCUT2D eigenvalue weighted by molar-refractivity contribution is 0.0127. The summed E-state index contributed by atoms with van der Waals surface area (Å²) in [5.41, 5.74) is 1.49. The fourth-order valence-electron chi connectivity index (χ4n) is 3.54. The van der Waals surface area contributed by atoms with Crippen LogP contribution in [0, 0.1) is 0 Å². The van der Waals surface area contributed by atoms with Crippen molar-refractivity contribution in [1.82, 2.24) is 4.90 Å². The van der Waals surface area contributed by atoms with Crippen LogP contribution in [0.3, 0.4) is 0 Å². The highest BCUT2D eigenvalue weighted by atomic mass is 16.6. The summed E-state index contributed by atoms with van der Waals surface area (Å²) in [4.78, 5) is 14.6. The van der Waals surface area contributed by atoms with E-state index in [2.05, 4.69) is 0 Å². The minimum atomic E-state index is -0.510. The van der Waals surface area contributed by atoms with Gasteiger partial charge >= 0.3 is 6.09 Å². The lowest BCUT2D eigenvalue weighted by atomic mass is 9.95. The molecule has 1 amide bonds. The number of carbonyl (C=O) groups is 1. The van der Waals surface area contributed by atoms with E-state index >= 15 is 0 Å². The first kappa shape index (κ1) is 17.5. The van der Waals surface area contributed by atoms with Gasteiger partial charge in [0.15, 0.2) is 0 Å². The molecule has 1 fully saturated rings. The second kappa shape index (κ2) is 8.17. The molecule has 0 aliphatic heterocycles. The van der Waals surface area contributed by atoms with Crippen LogP contribution in [-0.4, -0.2) is 28.2 Å². The summed E-state index contributed by atoms with van der Waals surface area (Å²) < 4.78 is 5.58. The van der Waals surface area contributed by atoms with Gasteiger partial charge in [0, 0.05) is 6.54 Å². The predicted octanol–water partition coefficient (Wildman–Crippen LogP) is 4.13. The molecular weight excluding hydrogens is 314 g/mol. The number of hydrogen-bond donors (Lipinski definition) is 1. The zero-order chi connectivity index (χ0) is 17.5. The van der Waals surface area contributed by atoms with Crippen molar-refractivity contribution in [2.75, 3.05) is 6.61 Å². The zero-order valence-electron chi connectivity index (χ0n) is 14.4. The number of aliphatic hydroxyl groups excluding tert-OH is 1. The molecule has 1 aliphatic carbocycles. The zero-order valence-corrected chi connectivity index (χ0v) is 14.4. The SMILES string of the molecule is O=C(OCc1ccccc1)N(Cc1ccccc1)C1(CO)CCCC1. The standard InChI is InChI=1S/C21H25NO3/c23-17-21(13-7-8-14-21)22(15-18-9-3-1-4-10-18)20(24)25-16-19-11-5-2-6-12-19/h1-6,9-12,23H,7-8,13-17H2. The van der Waals surface area contributed by atoms with Crippen LogP contribution in [0.25, 0.3) is 0 Å². The quantitative estimate of drug-likeness (QED) is 0.861. The smallest absolute Gasteiger partial charge is 0.410 e. The van der Waals surface area contributed by atoms with E-state index < -0.39 is 5.54 Å². The van der Waals surface area contributed by atoms with Gasteiger partial charge in [-0.05, 0) is 24.0 Å². The number of ether oxygens (including phenoxy) is 1. The number of benzene rings is 2. The highest BCUT2D eigenvalue weighted by molar-refractivity contribution is 5.69. The van der Waals surface area contributed by atoms with Crippen molar-refractivity contribution in [3.05, 3.63) is 71.8 Å². The number of hydrogen-bond acceptors (Lipinski definition) is 3. The number of aliphatic hydroxyl groups is 1. The maximum atomic E-state index is 12.9. The van der Waals surface area contributed by atoms with Gasteiger partial charge in [-0.15, -0.1) is 0 Å². The Kier molecular flexibility index (Phi) is 5.71. The molecule has 0 spiro atoms. The Morgan fingerprint density at radius 1 is 0.960 bits per heavy atom. The Bertz CT molecular complexity index is 666. The maximum Gasteiger partial charge on any atom is 0.410 e.